The quantitative estimate of drug-likeness (QED) is 0.798. The number of rotatable bonds is 6. The number of carbonyl (C=O) groups excluding carboxylic acids is 1. The molecule has 0 radical (unpaired) electrons. The van der Waals surface area contributed by atoms with Crippen molar-refractivity contribution in [3.8, 4) is 0 Å². The van der Waals surface area contributed by atoms with E-state index in [0.29, 0.717) is 13.1 Å². The maximum atomic E-state index is 12.6. The minimum atomic E-state index is 0.0927. The zero-order chi connectivity index (χ0) is 18.7. The lowest BCUT2D eigenvalue weighted by Crippen LogP contribution is -2.36. The minimum Gasteiger partial charge on any atom is -0.340 e. The molecule has 0 spiro atoms. The van der Waals surface area contributed by atoms with Crippen LogP contribution in [-0.4, -0.2) is 49.3 Å². The van der Waals surface area contributed by atoms with E-state index in [4.69, 9.17) is 0 Å². The molecule has 0 aromatic carbocycles. The molecule has 7 heteroatoms. The third-order valence-electron chi connectivity index (χ3n) is 5.13. The number of likely N-dealkylation sites (tertiary alicyclic amines) is 1. The Hall–Kier alpha value is -2.41. The molecule has 1 N–H and O–H groups in total. The topological polar surface area (TPSA) is 68.0 Å². The van der Waals surface area contributed by atoms with Gasteiger partial charge in [-0.05, 0) is 19.4 Å². The third kappa shape index (κ3) is 4.04. The van der Waals surface area contributed by atoms with Gasteiger partial charge in [0, 0.05) is 64.2 Å². The van der Waals surface area contributed by atoms with Crippen molar-refractivity contribution in [2.24, 2.45) is 14.1 Å². The van der Waals surface area contributed by atoms with Gasteiger partial charge in [0.25, 0.3) is 0 Å². The first-order valence-electron chi connectivity index (χ1n) is 9.12. The van der Waals surface area contributed by atoms with E-state index in [9.17, 15) is 4.79 Å². The van der Waals surface area contributed by atoms with Gasteiger partial charge in [0.05, 0.1) is 17.7 Å². The van der Waals surface area contributed by atoms with E-state index in [0.717, 1.165) is 29.9 Å². The molecule has 0 saturated carbocycles. The number of carbonyl (C=O) groups is 1. The first kappa shape index (κ1) is 18.4. The van der Waals surface area contributed by atoms with Gasteiger partial charge >= 0.3 is 0 Å². The summed E-state index contributed by atoms with van der Waals surface area (Å²) in [6.07, 6.45) is 8.32. The lowest BCUT2D eigenvalue weighted by atomic mass is 10.0. The highest BCUT2D eigenvalue weighted by atomic mass is 16.2. The van der Waals surface area contributed by atoms with Crippen molar-refractivity contribution in [1.82, 2.24) is 29.5 Å². The molecule has 0 bridgehead atoms. The predicted molar refractivity (Wildman–Crippen MR) is 100 cm³/mol. The standard InChI is InChI=1S/C19H28N6O/c1-5-14(2)8-19(26)25-10-16(17-11-23(3)13-21-17)18(12-25)20-9-15-6-7-22-24(15)4/h6-8,11,13,16,18,20H,5,9-10,12H2,1-4H3/b14-8+/t16-,18+/m0/s1. The van der Waals surface area contributed by atoms with Crippen LogP contribution in [0.15, 0.2) is 36.4 Å². The lowest BCUT2D eigenvalue weighted by Gasteiger charge is -2.18. The van der Waals surface area contributed by atoms with Crippen LogP contribution in [0.25, 0.3) is 0 Å². The summed E-state index contributed by atoms with van der Waals surface area (Å²) in [4.78, 5) is 19.1. The highest BCUT2D eigenvalue weighted by Crippen LogP contribution is 2.27. The van der Waals surface area contributed by atoms with Gasteiger partial charge < -0.3 is 14.8 Å². The molecule has 3 rings (SSSR count). The van der Waals surface area contributed by atoms with Gasteiger partial charge in [0.15, 0.2) is 0 Å². The molecule has 0 unspecified atom stereocenters. The molecular weight excluding hydrogens is 328 g/mol. The Kier molecular flexibility index (Phi) is 5.56. The average molecular weight is 356 g/mol. The van der Waals surface area contributed by atoms with E-state index >= 15 is 0 Å². The molecule has 2 atom stereocenters. The SMILES string of the molecule is CC/C(C)=C/C(=O)N1C[C@@H](NCc2ccnn2C)[C@H](c2cn(C)cn2)C1. The van der Waals surface area contributed by atoms with Crippen LogP contribution in [0.2, 0.25) is 0 Å². The molecule has 1 fully saturated rings. The maximum Gasteiger partial charge on any atom is 0.246 e. The van der Waals surface area contributed by atoms with E-state index < -0.39 is 0 Å². The largest absolute Gasteiger partial charge is 0.340 e. The molecule has 140 valence electrons. The first-order valence-corrected chi connectivity index (χ1v) is 9.12. The Morgan fingerprint density at radius 3 is 2.81 bits per heavy atom. The second kappa shape index (κ2) is 7.86. The van der Waals surface area contributed by atoms with Crippen molar-refractivity contribution in [2.45, 2.75) is 38.8 Å². The second-order valence-electron chi connectivity index (χ2n) is 7.09. The van der Waals surface area contributed by atoms with Crippen LogP contribution in [0, 0.1) is 0 Å². The minimum absolute atomic E-state index is 0.0927. The van der Waals surface area contributed by atoms with Gasteiger partial charge in [-0.1, -0.05) is 12.5 Å². The van der Waals surface area contributed by atoms with Crippen molar-refractivity contribution < 1.29 is 4.79 Å². The fourth-order valence-electron chi connectivity index (χ4n) is 3.33. The van der Waals surface area contributed by atoms with Crippen LogP contribution < -0.4 is 5.32 Å². The summed E-state index contributed by atoms with van der Waals surface area (Å²) < 4.78 is 3.83. The Bertz CT molecular complexity index is 790. The molecule has 1 aliphatic rings. The normalized spacial score (nSPS) is 20.8. The molecule has 3 heterocycles. The van der Waals surface area contributed by atoms with Gasteiger partial charge in [-0.2, -0.15) is 5.10 Å². The van der Waals surface area contributed by atoms with Gasteiger partial charge in [-0.25, -0.2) is 4.98 Å². The number of nitrogens with one attached hydrogen (secondary N) is 1. The van der Waals surface area contributed by atoms with Crippen molar-refractivity contribution >= 4 is 5.91 Å². The van der Waals surface area contributed by atoms with Gasteiger partial charge in [-0.15, -0.1) is 0 Å². The van der Waals surface area contributed by atoms with E-state index in [1.54, 1.807) is 12.3 Å². The zero-order valence-electron chi connectivity index (χ0n) is 16.0. The number of amides is 1. The predicted octanol–water partition coefficient (Wildman–Crippen LogP) is 1.59. The van der Waals surface area contributed by atoms with E-state index in [2.05, 4.69) is 22.3 Å². The van der Waals surface area contributed by atoms with Gasteiger partial charge in [0.2, 0.25) is 5.91 Å². The molecule has 1 aliphatic heterocycles. The van der Waals surface area contributed by atoms with Crippen molar-refractivity contribution in [3.05, 3.63) is 47.8 Å². The third-order valence-corrected chi connectivity index (χ3v) is 5.13. The fraction of sp³-hybridized carbons (Fsp3) is 0.526. The number of hydrogen-bond acceptors (Lipinski definition) is 4. The summed E-state index contributed by atoms with van der Waals surface area (Å²) in [7, 11) is 3.91. The average Bonchev–Trinajstić information content (AvgIpc) is 3.32. The van der Waals surface area contributed by atoms with E-state index in [-0.39, 0.29) is 17.9 Å². The summed E-state index contributed by atoms with van der Waals surface area (Å²) in [6.45, 7) is 6.16. The van der Waals surface area contributed by atoms with Gasteiger partial charge in [0.1, 0.15) is 0 Å². The molecule has 1 saturated heterocycles. The first-order chi connectivity index (χ1) is 12.5. The fourth-order valence-corrected chi connectivity index (χ4v) is 3.33. The highest BCUT2D eigenvalue weighted by Gasteiger charge is 2.36. The number of aryl methyl sites for hydroxylation is 2. The van der Waals surface area contributed by atoms with Crippen molar-refractivity contribution in [1.29, 1.82) is 0 Å². The number of allylic oxidation sites excluding steroid dienone is 1. The molecule has 7 nitrogen and oxygen atoms in total. The van der Waals surface area contributed by atoms with Crippen molar-refractivity contribution in [2.75, 3.05) is 13.1 Å². The van der Waals surface area contributed by atoms with Gasteiger partial charge in [-0.3, -0.25) is 9.48 Å². The van der Waals surface area contributed by atoms with Crippen LogP contribution in [0.3, 0.4) is 0 Å². The Morgan fingerprint density at radius 1 is 1.38 bits per heavy atom. The Balaban J connectivity index is 1.75. The van der Waals surface area contributed by atoms with E-state index in [1.165, 1.54) is 0 Å². The molecule has 26 heavy (non-hydrogen) atoms. The summed E-state index contributed by atoms with van der Waals surface area (Å²) in [5.74, 6) is 0.277. The second-order valence-corrected chi connectivity index (χ2v) is 7.09. The Labute approximate surface area is 154 Å². The number of hydrogen-bond donors (Lipinski definition) is 1. The summed E-state index contributed by atoms with van der Waals surface area (Å²) in [6, 6.07) is 2.17. The smallest absolute Gasteiger partial charge is 0.246 e. The molecule has 1 amide bonds. The van der Waals surface area contributed by atoms with Crippen LogP contribution in [0.5, 0.6) is 0 Å². The van der Waals surface area contributed by atoms with Crippen LogP contribution in [0.4, 0.5) is 0 Å². The monoisotopic (exact) mass is 356 g/mol. The van der Waals surface area contributed by atoms with Crippen molar-refractivity contribution in [3.63, 3.8) is 0 Å². The Morgan fingerprint density at radius 2 is 2.19 bits per heavy atom. The van der Waals surface area contributed by atoms with E-state index in [1.807, 2.05) is 53.8 Å². The lowest BCUT2D eigenvalue weighted by molar-refractivity contribution is -0.125. The van der Waals surface area contributed by atoms with Crippen LogP contribution >= 0.6 is 0 Å². The van der Waals surface area contributed by atoms with Crippen LogP contribution in [-0.2, 0) is 25.4 Å². The highest BCUT2D eigenvalue weighted by molar-refractivity contribution is 5.88. The molecular formula is C19H28N6O. The van der Waals surface area contributed by atoms with Crippen LogP contribution in [0.1, 0.15) is 37.6 Å². The molecule has 2 aromatic rings. The summed E-state index contributed by atoms with van der Waals surface area (Å²) in [5.41, 5.74) is 3.26. The molecule has 0 aliphatic carbocycles. The summed E-state index contributed by atoms with van der Waals surface area (Å²) >= 11 is 0. The number of nitrogens with zero attached hydrogens (tertiary/aromatic N) is 5. The number of aromatic nitrogens is 4. The number of imidazole rings is 1. The maximum absolute atomic E-state index is 12.6. The summed E-state index contributed by atoms with van der Waals surface area (Å²) in [5, 5.41) is 7.83. The molecule has 2 aromatic heterocycles. The zero-order valence-corrected chi connectivity index (χ0v) is 16.0.